The van der Waals surface area contributed by atoms with Crippen LogP contribution in [0.3, 0.4) is 0 Å². The molecule has 158 valence electrons. The fraction of sp³-hybridized carbons (Fsp3) is 0.455. The third-order valence-corrected chi connectivity index (χ3v) is 5.72. The van der Waals surface area contributed by atoms with Crippen molar-refractivity contribution < 1.29 is 14.3 Å². The number of carbonyl (C=O) groups excluding carboxylic acids is 2. The van der Waals surface area contributed by atoms with Gasteiger partial charge in [-0.15, -0.1) is 0 Å². The Kier molecular flexibility index (Phi) is 6.11. The molecule has 0 aliphatic carbocycles. The number of hydrogen-bond acceptors (Lipinski definition) is 6. The van der Waals surface area contributed by atoms with E-state index in [1.54, 1.807) is 4.90 Å². The number of nitrogens with one attached hydrogen (secondary N) is 1. The number of carbonyl (C=O) groups is 2. The molecule has 3 heterocycles. The summed E-state index contributed by atoms with van der Waals surface area (Å²) in [5.74, 6) is 1.10. The molecule has 30 heavy (non-hydrogen) atoms. The zero-order valence-corrected chi connectivity index (χ0v) is 17.0. The minimum atomic E-state index is -0.172. The molecule has 8 nitrogen and oxygen atoms in total. The number of aryl methyl sites for hydroxylation is 1. The summed E-state index contributed by atoms with van der Waals surface area (Å²) in [5, 5.41) is 3.01. The summed E-state index contributed by atoms with van der Waals surface area (Å²) < 4.78 is 5.64. The number of benzene rings is 1. The van der Waals surface area contributed by atoms with Crippen LogP contribution in [-0.4, -0.2) is 46.4 Å². The van der Waals surface area contributed by atoms with E-state index >= 15 is 0 Å². The van der Waals surface area contributed by atoms with Gasteiger partial charge in [-0.3, -0.25) is 9.59 Å². The zero-order chi connectivity index (χ0) is 20.9. The molecular formula is C22H27N5O3. The van der Waals surface area contributed by atoms with Crippen LogP contribution in [0.1, 0.15) is 47.2 Å². The Morgan fingerprint density at radius 1 is 1.30 bits per heavy atom. The zero-order valence-electron chi connectivity index (χ0n) is 17.0. The predicted molar refractivity (Wildman–Crippen MR) is 112 cm³/mol. The third-order valence-electron chi connectivity index (χ3n) is 5.72. The minimum absolute atomic E-state index is 0.00540. The van der Waals surface area contributed by atoms with Crippen molar-refractivity contribution in [2.75, 3.05) is 25.4 Å². The van der Waals surface area contributed by atoms with Crippen molar-refractivity contribution in [2.24, 2.45) is 5.92 Å². The van der Waals surface area contributed by atoms with Crippen LogP contribution in [0.25, 0.3) is 0 Å². The number of piperidine rings is 1. The maximum atomic E-state index is 12.7. The lowest BCUT2D eigenvalue weighted by Crippen LogP contribution is -2.41. The molecule has 8 heteroatoms. The Morgan fingerprint density at radius 3 is 3.07 bits per heavy atom. The molecule has 0 unspecified atom stereocenters. The number of amides is 2. The number of anilines is 1. The number of nitrogen functional groups attached to an aromatic ring is 1. The molecule has 3 N–H and O–H groups in total. The fourth-order valence-corrected chi connectivity index (χ4v) is 4.15. The lowest BCUT2D eigenvalue weighted by atomic mass is 9.94. The van der Waals surface area contributed by atoms with Gasteiger partial charge in [0.05, 0.1) is 12.2 Å². The van der Waals surface area contributed by atoms with E-state index in [1.807, 2.05) is 12.1 Å². The van der Waals surface area contributed by atoms with Crippen molar-refractivity contribution in [1.29, 1.82) is 0 Å². The lowest BCUT2D eigenvalue weighted by Gasteiger charge is -2.32. The first-order chi connectivity index (χ1) is 14.6. The normalized spacial score (nSPS) is 18.3. The van der Waals surface area contributed by atoms with E-state index in [4.69, 9.17) is 10.5 Å². The van der Waals surface area contributed by atoms with Crippen LogP contribution < -0.4 is 15.8 Å². The van der Waals surface area contributed by atoms with Crippen molar-refractivity contribution in [2.45, 2.75) is 38.6 Å². The largest absolute Gasteiger partial charge is 0.493 e. The predicted octanol–water partition coefficient (Wildman–Crippen LogP) is 1.94. The van der Waals surface area contributed by atoms with Crippen LogP contribution in [0.15, 0.2) is 30.7 Å². The molecule has 0 spiro atoms. The molecule has 1 atom stereocenters. The smallest absolute Gasteiger partial charge is 0.259 e. The van der Waals surface area contributed by atoms with Gasteiger partial charge in [-0.1, -0.05) is 12.1 Å². The van der Waals surface area contributed by atoms with Crippen LogP contribution in [0.2, 0.25) is 0 Å². The molecule has 1 saturated heterocycles. The van der Waals surface area contributed by atoms with Gasteiger partial charge >= 0.3 is 0 Å². The second kappa shape index (κ2) is 9.11. The number of fused-ring (bicyclic) bond motifs is 1. The quantitative estimate of drug-likeness (QED) is 0.781. The highest BCUT2D eigenvalue weighted by atomic mass is 16.5. The number of nitrogens with zero attached hydrogens (tertiary/aromatic N) is 3. The highest BCUT2D eigenvalue weighted by Gasteiger charge is 2.27. The summed E-state index contributed by atoms with van der Waals surface area (Å²) in [5.41, 5.74) is 8.41. The number of hydrogen-bond donors (Lipinski definition) is 2. The Balaban J connectivity index is 1.29. The van der Waals surface area contributed by atoms with Gasteiger partial charge in [-0.2, -0.15) is 0 Å². The van der Waals surface area contributed by atoms with Crippen LogP contribution >= 0.6 is 0 Å². The van der Waals surface area contributed by atoms with Gasteiger partial charge in [0.15, 0.2) is 0 Å². The SMILES string of the molecule is Nc1ncncc1C(=O)N1CCC[C@@H](CC(=O)NCc2ccc3c(c2)CCCO3)C1. The fourth-order valence-electron chi connectivity index (χ4n) is 4.15. The molecule has 2 amide bonds. The molecule has 2 aliphatic heterocycles. The average molecular weight is 409 g/mol. The highest BCUT2D eigenvalue weighted by molar-refractivity contribution is 5.98. The van der Waals surface area contributed by atoms with Crippen molar-refractivity contribution >= 4 is 17.6 Å². The molecule has 0 saturated carbocycles. The first kappa shape index (κ1) is 20.1. The monoisotopic (exact) mass is 409 g/mol. The van der Waals surface area contributed by atoms with Crippen LogP contribution in [0, 0.1) is 5.92 Å². The van der Waals surface area contributed by atoms with Crippen LogP contribution in [0.5, 0.6) is 5.75 Å². The molecule has 2 aliphatic rings. The van der Waals surface area contributed by atoms with E-state index in [0.717, 1.165) is 43.6 Å². The summed E-state index contributed by atoms with van der Waals surface area (Å²) in [6.07, 6.45) is 7.00. The van der Waals surface area contributed by atoms with Gasteiger partial charge in [-0.05, 0) is 48.8 Å². The van der Waals surface area contributed by atoms with Gasteiger partial charge in [0.2, 0.25) is 5.91 Å². The Morgan fingerprint density at radius 2 is 2.20 bits per heavy atom. The molecule has 4 rings (SSSR count). The van der Waals surface area contributed by atoms with E-state index in [-0.39, 0.29) is 23.6 Å². The Hall–Kier alpha value is -3.16. The maximum Gasteiger partial charge on any atom is 0.259 e. The number of rotatable bonds is 5. The summed E-state index contributed by atoms with van der Waals surface area (Å²) >= 11 is 0. The van der Waals surface area contributed by atoms with E-state index in [9.17, 15) is 9.59 Å². The van der Waals surface area contributed by atoms with E-state index in [0.29, 0.717) is 31.6 Å². The van der Waals surface area contributed by atoms with Crippen molar-refractivity contribution in [3.8, 4) is 5.75 Å². The standard InChI is InChI=1S/C22H27N5O3/c23-21-18(12-24-14-26-21)22(29)27-7-1-3-16(13-27)10-20(28)25-11-15-5-6-19-17(9-15)4-2-8-30-19/h5-6,9,12,14,16H,1-4,7-8,10-11,13H2,(H,25,28)(H2,23,24,26)/t16-/m0/s1. The molecule has 1 fully saturated rings. The molecule has 1 aromatic heterocycles. The van der Waals surface area contributed by atoms with E-state index in [1.165, 1.54) is 18.1 Å². The van der Waals surface area contributed by atoms with Crippen molar-refractivity contribution in [3.63, 3.8) is 0 Å². The van der Waals surface area contributed by atoms with Gasteiger partial charge in [0, 0.05) is 32.3 Å². The first-order valence-corrected chi connectivity index (χ1v) is 10.5. The lowest BCUT2D eigenvalue weighted by molar-refractivity contribution is -0.122. The van der Waals surface area contributed by atoms with Gasteiger partial charge in [-0.25, -0.2) is 9.97 Å². The number of aromatic nitrogens is 2. The summed E-state index contributed by atoms with van der Waals surface area (Å²) in [6.45, 7) is 2.46. The molecule has 0 bridgehead atoms. The van der Waals surface area contributed by atoms with E-state index < -0.39 is 0 Å². The summed E-state index contributed by atoms with van der Waals surface area (Å²) in [6, 6.07) is 6.10. The van der Waals surface area contributed by atoms with Gasteiger partial charge in [0.1, 0.15) is 17.9 Å². The Labute approximate surface area is 175 Å². The maximum absolute atomic E-state index is 12.7. The molecular weight excluding hydrogens is 382 g/mol. The summed E-state index contributed by atoms with van der Waals surface area (Å²) in [4.78, 5) is 34.8. The number of ether oxygens (including phenoxy) is 1. The topological polar surface area (TPSA) is 110 Å². The molecule has 0 radical (unpaired) electrons. The number of likely N-dealkylation sites (tertiary alicyclic amines) is 1. The summed E-state index contributed by atoms with van der Waals surface area (Å²) in [7, 11) is 0. The van der Waals surface area contributed by atoms with Crippen LogP contribution in [0.4, 0.5) is 5.82 Å². The first-order valence-electron chi connectivity index (χ1n) is 10.5. The van der Waals surface area contributed by atoms with E-state index in [2.05, 4.69) is 21.4 Å². The van der Waals surface area contributed by atoms with Crippen LogP contribution in [-0.2, 0) is 17.8 Å². The average Bonchev–Trinajstić information content (AvgIpc) is 2.77. The molecule has 1 aromatic carbocycles. The molecule has 2 aromatic rings. The van der Waals surface area contributed by atoms with Crippen molar-refractivity contribution in [3.05, 3.63) is 47.4 Å². The highest BCUT2D eigenvalue weighted by Crippen LogP contribution is 2.26. The number of nitrogens with two attached hydrogens (primary N) is 1. The van der Waals surface area contributed by atoms with Gasteiger partial charge in [0.25, 0.3) is 5.91 Å². The minimum Gasteiger partial charge on any atom is -0.493 e. The van der Waals surface area contributed by atoms with Crippen molar-refractivity contribution in [1.82, 2.24) is 20.2 Å². The second-order valence-corrected chi connectivity index (χ2v) is 7.96. The van der Waals surface area contributed by atoms with Gasteiger partial charge < -0.3 is 20.7 Å². The second-order valence-electron chi connectivity index (χ2n) is 7.96. The third kappa shape index (κ3) is 4.69. The Bertz CT molecular complexity index is 933.